The quantitative estimate of drug-likeness (QED) is 0.479. The first-order chi connectivity index (χ1) is 15.3. The van der Waals surface area contributed by atoms with Crippen LogP contribution in [0.3, 0.4) is 0 Å². The summed E-state index contributed by atoms with van der Waals surface area (Å²) < 4.78 is 3.38. The van der Waals surface area contributed by atoms with Crippen LogP contribution < -0.4 is 15.4 Å². The van der Waals surface area contributed by atoms with Crippen LogP contribution in [0.4, 0.5) is 5.69 Å². The molecule has 1 atom stereocenters. The van der Waals surface area contributed by atoms with E-state index in [1.165, 1.54) is 19.3 Å². The van der Waals surface area contributed by atoms with Gasteiger partial charge in [0, 0.05) is 22.3 Å². The van der Waals surface area contributed by atoms with Crippen molar-refractivity contribution < 1.29 is 9.59 Å². The standard InChI is InChI=1S/C25H34N4O2S/c1-25(2,3)29-32-20-14-12-19(13-15-20)27-24(31)22(17-18-9-5-4-6-10-18)28-23(30)21-11-7-8-16-26-21/h7-8,11-16,18,22,29H,4-6,9-10,17H2,1-3H3,(H,27,31)(H,28,30)/t22-/m0/s1. The number of nitrogens with zero attached hydrogens (tertiary/aromatic N) is 1. The molecule has 2 amide bonds. The first-order valence-corrected chi connectivity index (χ1v) is 12.2. The summed E-state index contributed by atoms with van der Waals surface area (Å²) in [7, 11) is 0. The molecule has 1 fully saturated rings. The molecule has 0 aliphatic heterocycles. The van der Waals surface area contributed by atoms with Crippen molar-refractivity contribution in [3.05, 3.63) is 54.4 Å². The van der Waals surface area contributed by atoms with Gasteiger partial charge in [-0.2, -0.15) is 0 Å². The number of benzene rings is 1. The molecule has 1 heterocycles. The minimum atomic E-state index is -0.593. The molecule has 1 aromatic carbocycles. The number of nitrogens with one attached hydrogen (secondary N) is 3. The molecule has 3 rings (SSSR count). The maximum atomic E-state index is 13.1. The predicted molar refractivity (Wildman–Crippen MR) is 131 cm³/mol. The summed E-state index contributed by atoms with van der Waals surface area (Å²) in [6, 6.07) is 12.3. The molecular weight excluding hydrogens is 420 g/mol. The fourth-order valence-electron chi connectivity index (χ4n) is 3.76. The SMILES string of the molecule is CC(C)(C)NSc1ccc(NC(=O)[C@H](CC2CCCCC2)NC(=O)c2ccccn2)cc1. The monoisotopic (exact) mass is 454 g/mol. The van der Waals surface area contributed by atoms with Crippen molar-refractivity contribution in [1.29, 1.82) is 0 Å². The summed E-state index contributed by atoms with van der Waals surface area (Å²) >= 11 is 1.56. The summed E-state index contributed by atoms with van der Waals surface area (Å²) in [4.78, 5) is 31.0. The van der Waals surface area contributed by atoms with Gasteiger partial charge >= 0.3 is 0 Å². The van der Waals surface area contributed by atoms with E-state index in [0.29, 0.717) is 18.0 Å². The third-order valence-corrected chi connectivity index (χ3v) is 6.63. The van der Waals surface area contributed by atoms with E-state index in [0.717, 1.165) is 23.4 Å². The van der Waals surface area contributed by atoms with Crippen LogP contribution in [-0.4, -0.2) is 28.4 Å². The first kappa shape index (κ1) is 24.3. The summed E-state index contributed by atoms with van der Waals surface area (Å²) in [6.07, 6.45) is 8.07. The highest BCUT2D eigenvalue weighted by Gasteiger charge is 2.26. The van der Waals surface area contributed by atoms with Gasteiger partial charge < -0.3 is 10.6 Å². The fourth-order valence-corrected chi connectivity index (χ4v) is 4.46. The number of aromatic nitrogens is 1. The van der Waals surface area contributed by atoms with Crippen molar-refractivity contribution >= 4 is 29.4 Å². The predicted octanol–water partition coefficient (Wildman–Crippen LogP) is 5.18. The molecule has 1 aliphatic rings. The topological polar surface area (TPSA) is 83.1 Å². The molecule has 7 heteroatoms. The Morgan fingerprint density at radius 3 is 2.41 bits per heavy atom. The van der Waals surface area contributed by atoms with Crippen molar-refractivity contribution in [2.45, 2.75) is 75.8 Å². The molecule has 1 saturated carbocycles. The molecule has 32 heavy (non-hydrogen) atoms. The van der Waals surface area contributed by atoms with E-state index in [4.69, 9.17) is 0 Å². The second-order valence-corrected chi connectivity index (χ2v) is 10.3. The molecule has 3 N–H and O–H groups in total. The van der Waals surface area contributed by atoms with Gasteiger partial charge in [-0.3, -0.25) is 19.3 Å². The van der Waals surface area contributed by atoms with Crippen molar-refractivity contribution in [2.75, 3.05) is 5.32 Å². The van der Waals surface area contributed by atoms with E-state index >= 15 is 0 Å². The molecule has 1 aliphatic carbocycles. The van der Waals surface area contributed by atoms with Crippen LogP contribution in [0.1, 0.15) is 69.8 Å². The van der Waals surface area contributed by atoms with Gasteiger partial charge in [0.2, 0.25) is 5.91 Å². The number of amides is 2. The zero-order chi connectivity index (χ0) is 23.0. The van der Waals surface area contributed by atoms with E-state index in [9.17, 15) is 9.59 Å². The lowest BCUT2D eigenvalue weighted by Gasteiger charge is -2.26. The normalized spacial score (nSPS) is 15.7. The van der Waals surface area contributed by atoms with Crippen molar-refractivity contribution in [3.63, 3.8) is 0 Å². The second-order valence-electron chi connectivity index (χ2n) is 9.45. The Balaban J connectivity index is 1.65. The Morgan fingerprint density at radius 1 is 1.06 bits per heavy atom. The van der Waals surface area contributed by atoms with E-state index in [1.807, 2.05) is 24.3 Å². The maximum Gasteiger partial charge on any atom is 0.270 e. The van der Waals surface area contributed by atoms with Crippen LogP contribution in [0.5, 0.6) is 0 Å². The molecule has 6 nitrogen and oxygen atoms in total. The van der Waals surface area contributed by atoms with Gasteiger partial charge in [0.25, 0.3) is 5.91 Å². The lowest BCUT2D eigenvalue weighted by molar-refractivity contribution is -0.118. The zero-order valence-electron chi connectivity index (χ0n) is 19.2. The lowest BCUT2D eigenvalue weighted by Crippen LogP contribution is -2.45. The van der Waals surface area contributed by atoms with E-state index < -0.39 is 6.04 Å². The van der Waals surface area contributed by atoms with Crippen LogP contribution in [-0.2, 0) is 4.79 Å². The third-order valence-electron chi connectivity index (χ3n) is 5.41. The molecule has 0 spiro atoms. The minimum absolute atomic E-state index is 0.00963. The maximum absolute atomic E-state index is 13.1. The average Bonchev–Trinajstić information content (AvgIpc) is 2.79. The highest BCUT2D eigenvalue weighted by molar-refractivity contribution is 7.97. The highest BCUT2D eigenvalue weighted by Crippen LogP contribution is 2.28. The van der Waals surface area contributed by atoms with Gasteiger partial charge in [0.05, 0.1) is 0 Å². The summed E-state index contributed by atoms with van der Waals surface area (Å²) in [5.41, 5.74) is 1.05. The van der Waals surface area contributed by atoms with Crippen molar-refractivity contribution in [2.24, 2.45) is 5.92 Å². The number of carbonyl (C=O) groups excluding carboxylic acids is 2. The summed E-state index contributed by atoms with van der Waals surface area (Å²) in [5.74, 6) is -0.0552. The van der Waals surface area contributed by atoms with Crippen LogP contribution in [0.25, 0.3) is 0 Å². The van der Waals surface area contributed by atoms with Crippen LogP contribution in [0, 0.1) is 5.92 Å². The van der Waals surface area contributed by atoms with Crippen LogP contribution in [0.15, 0.2) is 53.6 Å². The Bertz CT molecular complexity index is 875. The Hall–Kier alpha value is -2.38. The third kappa shape index (κ3) is 7.95. The van der Waals surface area contributed by atoms with Crippen molar-refractivity contribution in [3.8, 4) is 0 Å². The molecule has 172 valence electrons. The fraction of sp³-hybridized carbons (Fsp3) is 0.480. The van der Waals surface area contributed by atoms with E-state index in [1.54, 1.807) is 36.3 Å². The Morgan fingerprint density at radius 2 is 1.78 bits per heavy atom. The molecule has 0 radical (unpaired) electrons. The number of pyridine rings is 1. The van der Waals surface area contributed by atoms with Gasteiger partial charge in [-0.1, -0.05) is 38.2 Å². The largest absolute Gasteiger partial charge is 0.339 e. The molecule has 0 unspecified atom stereocenters. The average molecular weight is 455 g/mol. The summed E-state index contributed by atoms with van der Waals surface area (Å²) in [6.45, 7) is 6.33. The van der Waals surface area contributed by atoms with E-state index in [-0.39, 0.29) is 17.4 Å². The second kappa shape index (κ2) is 11.5. The van der Waals surface area contributed by atoms with Gasteiger partial charge in [-0.15, -0.1) is 0 Å². The van der Waals surface area contributed by atoms with E-state index in [2.05, 4.69) is 41.1 Å². The number of rotatable bonds is 8. The van der Waals surface area contributed by atoms with Crippen molar-refractivity contribution in [1.82, 2.24) is 15.0 Å². The Labute approximate surface area is 195 Å². The highest BCUT2D eigenvalue weighted by atomic mass is 32.2. The lowest BCUT2D eigenvalue weighted by atomic mass is 9.84. The van der Waals surface area contributed by atoms with Gasteiger partial charge in [0.15, 0.2) is 0 Å². The Kier molecular flexibility index (Phi) is 8.70. The smallest absolute Gasteiger partial charge is 0.270 e. The summed E-state index contributed by atoms with van der Waals surface area (Å²) in [5, 5.41) is 5.91. The number of anilines is 1. The van der Waals surface area contributed by atoms with Gasteiger partial charge in [-0.25, -0.2) is 0 Å². The molecule has 2 aromatic rings. The number of hydrogen-bond acceptors (Lipinski definition) is 5. The van der Waals surface area contributed by atoms with Gasteiger partial charge in [-0.05, 0) is 81.5 Å². The van der Waals surface area contributed by atoms with Crippen LogP contribution in [0.2, 0.25) is 0 Å². The zero-order valence-corrected chi connectivity index (χ0v) is 20.0. The molecule has 0 bridgehead atoms. The molecule has 1 aromatic heterocycles. The first-order valence-electron chi connectivity index (χ1n) is 11.4. The van der Waals surface area contributed by atoms with Gasteiger partial charge in [0.1, 0.15) is 11.7 Å². The minimum Gasteiger partial charge on any atom is -0.339 e. The molecule has 0 saturated heterocycles. The van der Waals surface area contributed by atoms with Crippen LogP contribution >= 0.6 is 11.9 Å². The number of carbonyl (C=O) groups is 2. The number of hydrogen-bond donors (Lipinski definition) is 3. The molecular formula is C25H34N4O2S.